The summed E-state index contributed by atoms with van der Waals surface area (Å²) in [7, 11) is 0. The number of aryl methyl sites for hydroxylation is 2. The van der Waals surface area contributed by atoms with Crippen molar-refractivity contribution in [3.63, 3.8) is 0 Å². The summed E-state index contributed by atoms with van der Waals surface area (Å²) in [6.45, 7) is 9.36. The summed E-state index contributed by atoms with van der Waals surface area (Å²) in [6.07, 6.45) is 4.19. The summed E-state index contributed by atoms with van der Waals surface area (Å²) in [5, 5.41) is 4.74. The molecule has 3 rings (SSSR count). The lowest BCUT2D eigenvalue weighted by Crippen LogP contribution is -2.35. The molecule has 0 bridgehead atoms. The Balaban J connectivity index is 1.49. The Morgan fingerprint density at radius 3 is 2.56 bits per heavy atom. The van der Waals surface area contributed by atoms with Gasteiger partial charge in [0.1, 0.15) is 0 Å². The van der Waals surface area contributed by atoms with Crippen LogP contribution in [0, 0.1) is 26.7 Å². The molecule has 2 aromatic rings. The van der Waals surface area contributed by atoms with Gasteiger partial charge >= 0.3 is 0 Å². The SMILES string of the molecule is CSc1nc(C)c(C)c(OCC2CCN(Cc3noc(C)n3)CC2)n1. The van der Waals surface area contributed by atoms with E-state index in [0.717, 1.165) is 60.6 Å². The van der Waals surface area contributed by atoms with Crippen molar-refractivity contribution < 1.29 is 9.26 Å². The van der Waals surface area contributed by atoms with Crippen LogP contribution in [0.2, 0.25) is 0 Å². The molecule has 0 aromatic carbocycles. The smallest absolute Gasteiger partial charge is 0.223 e. The van der Waals surface area contributed by atoms with E-state index >= 15 is 0 Å². The number of ether oxygens (including phenoxy) is 1. The van der Waals surface area contributed by atoms with Gasteiger partial charge in [-0.25, -0.2) is 4.98 Å². The predicted octanol–water partition coefficient (Wildman–Crippen LogP) is 2.80. The first-order valence-electron chi connectivity index (χ1n) is 8.58. The Morgan fingerprint density at radius 2 is 1.92 bits per heavy atom. The number of thioether (sulfide) groups is 1. The highest BCUT2D eigenvalue weighted by molar-refractivity contribution is 7.98. The van der Waals surface area contributed by atoms with E-state index in [2.05, 4.69) is 25.0 Å². The Kier molecular flexibility index (Phi) is 5.90. The standard InChI is InChI=1S/C17H25N5O2S/c1-11-12(2)18-17(25-4)20-16(11)23-10-14-5-7-22(8-6-14)9-15-19-13(3)24-21-15/h14H,5-10H2,1-4H3. The molecule has 1 saturated heterocycles. The van der Waals surface area contributed by atoms with Gasteiger partial charge in [-0.3, -0.25) is 4.90 Å². The molecule has 0 spiro atoms. The van der Waals surface area contributed by atoms with Gasteiger partial charge in [0.2, 0.25) is 11.8 Å². The van der Waals surface area contributed by atoms with Crippen LogP contribution in [0.5, 0.6) is 5.88 Å². The number of piperidine rings is 1. The van der Waals surface area contributed by atoms with Crippen molar-refractivity contribution in [2.75, 3.05) is 26.0 Å². The Labute approximate surface area is 152 Å². The third kappa shape index (κ3) is 4.70. The largest absolute Gasteiger partial charge is 0.477 e. The first-order valence-corrected chi connectivity index (χ1v) is 9.81. The summed E-state index contributed by atoms with van der Waals surface area (Å²) in [4.78, 5) is 15.6. The van der Waals surface area contributed by atoms with Crippen molar-refractivity contribution in [3.8, 4) is 5.88 Å². The van der Waals surface area contributed by atoms with E-state index in [-0.39, 0.29) is 0 Å². The minimum absolute atomic E-state index is 0.552. The van der Waals surface area contributed by atoms with Crippen molar-refractivity contribution in [1.82, 2.24) is 25.0 Å². The molecule has 1 fully saturated rings. The molecule has 1 aliphatic rings. The molecule has 1 aliphatic heterocycles. The molecule has 8 heteroatoms. The minimum Gasteiger partial charge on any atom is -0.477 e. The number of hydrogen-bond donors (Lipinski definition) is 0. The van der Waals surface area contributed by atoms with Crippen molar-refractivity contribution in [3.05, 3.63) is 23.0 Å². The van der Waals surface area contributed by atoms with Crippen LogP contribution in [-0.2, 0) is 6.54 Å². The molecule has 0 radical (unpaired) electrons. The summed E-state index contributed by atoms with van der Waals surface area (Å²) in [5.74, 6) is 2.67. The summed E-state index contributed by atoms with van der Waals surface area (Å²) in [6, 6.07) is 0. The highest BCUT2D eigenvalue weighted by Crippen LogP contribution is 2.24. The van der Waals surface area contributed by atoms with E-state index in [1.54, 1.807) is 11.8 Å². The van der Waals surface area contributed by atoms with Gasteiger partial charge in [-0.15, -0.1) is 0 Å². The van der Waals surface area contributed by atoms with Crippen LogP contribution in [0.25, 0.3) is 0 Å². The van der Waals surface area contributed by atoms with Crippen LogP contribution < -0.4 is 4.74 Å². The lowest BCUT2D eigenvalue weighted by molar-refractivity contribution is 0.131. The highest BCUT2D eigenvalue weighted by atomic mass is 32.2. The number of aromatic nitrogens is 4. The zero-order valence-corrected chi connectivity index (χ0v) is 16.1. The van der Waals surface area contributed by atoms with Crippen LogP contribution in [0.15, 0.2) is 9.68 Å². The molecule has 0 aliphatic carbocycles. The second-order valence-corrected chi connectivity index (χ2v) is 7.26. The number of hydrogen-bond acceptors (Lipinski definition) is 8. The number of likely N-dealkylation sites (tertiary alicyclic amines) is 1. The van der Waals surface area contributed by atoms with E-state index < -0.39 is 0 Å². The third-order valence-corrected chi connectivity index (χ3v) is 5.15. The fourth-order valence-corrected chi connectivity index (χ4v) is 3.33. The molecular formula is C17H25N5O2S. The molecule has 7 nitrogen and oxygen atoms in total. The van der Waals surface area contributed by atoms with Crippen molar-refractivity contribution >= 4 is 11.8 Å². The predicted molar refractivity (Wildman–Crippen MR) is 95.8 cm³/mol. The van der Waals surface area contributed by atoms with Crippen molar-refractivity contribution in [1.29, 1.82) is 0 Å². The molecule has 0 atom stereocenters. The molecule has 0 amide bonds. The maximum atomic E-state index is 6.03. The van der Waals surface area contributed by atoms with Crippen LogP contribution in [0.4, 0.5) is 0 Å². The highest BCUT2D eigenvalue weighted by Gasteiger charge is 2.22. The average Bonchev–Trinajstić information content (AvgIpc) is 3.02. The second-order valence-electron chi connectivity index (χ2n) is 6.49. The average molecular weight is 363 g/mol. The van der Waals surface area contributed by atoms with E-state index in [9.17, 15) is 0 Å². The number of rotatable bonds is 6. The van der Waals surface area contributed by atoms with E-state index in [4.69, 9.17) is 9.26 Å². The lowest BCUT2D eigenvalue weighted by atomic mass is 9.98. The first-order chi connectivity index (χ1) is 12.0. The number of nitrogens with zero attached hydrogens (tertiary/aromatic N) is 5. The molecule has 25 heavy (non-hydrogen) atoms. The van der Waals surface area contributed by atoms with Gasteiger partial charge in [0.05, 0.1) is 13.2 Å². The van der Waals surface area contributed by atoms with Gasteiger partial charge in [0.25, 0.3) is 0 Å². The fraction of sp³-hybridized carbons (Fsp3) is 0.647. The van der Waals surface area contributed by atoms with Crippen LogP contribution in [0.1, 0.15) is 35.8 Å². The third-order valence-electron chi connectivity index (χ3n) is 4.60. The molecule has 136 valence electrons. The first kappa shape index (κ1) is 18.1. The quantitative estimate of drug-likeness (QED) is 0.573. The van der Waals surface area contributed by atoms with Gasteiger partial charge in [-0.1, -0.05) is 16.9 Å². The summed E-state index contributed by atoms with van der Waals surface area (Å²) in [5.41, 5.74) is 2.02. The van der Waals surface area contributed by atoms with Gasteiger partial charge < -0.3 is 9.26 Å². The molecule has 0 unspecified atom stereocenters. The zero-order valence-electron chi connectivity index (χ0n) is 15.3. The van der Waals surface area contributed by atoms with Crippen LogP contribution in [0.3, 0.4) is 0 Å². The second kappa shape index (κ2) is 8.14. The van der Waals surface area contributed by atoms with Gasteiger partial charge in [-0.2, -0.15) is 9.97 Å². The molecular weight excluding hydrogens is 338 g/mol. The van der Waals surface area contributed by atoms with Gasteiger partial charge in [0, 0.05) is 18.2 Å². The van der Waals surface area contributed by atoms with Crippen molar-refractivity contribution in [2.24, 2.45) is 5.92 Å². The van der Waals surface area contributed by atoms with E-state index in [0.29, 0.717) is 18.4 Å². The van der Waals surface area contributed by atoms with Crippen molar-refractivity contribution in [2.45, 2.75) is 45.3 Å². The summed E-state index contributed by atoms with van der Waals surface area (Å²) < 4.78 is 11.1. The zero-order chi connectivity index (χ0) is 17.8. The van der Waals surface area contributed by atoms with Gasteiger partial charge in [-0.05, 0) is 52.0 Å². The Bertz CT molecular complexity index is 713. The topological polar surface area (TPSA) is 77.2 Å². The maximum Gasteiger partial charge on any atom is 0.223 e. The lowest BCUT2D eigenvalue weighted by Gasteiger charge is -2.30. The van der Waals surface area contributed by atoms with E-state index in [1.807, 2.05) is 27.0 Å². The minimum atomic E-state index is 0.552. The maximum absolute atomic E-state index is 6.03. The molecule has 3 heterocycles. The monoisotopic (exact) mass is 363 g/mol. The fourth-order valence-electron chi connectivity index (χ4n) is 2.92. The van der Waals surface area contributed by atoms with E-state index in [1.165, 1.54) is 0 Å². The Hall–Kier alpha value is -1.67. The molecule has 2 aromatic heterocycles. The Morgan fingerprint density at radius 1 is 1.16 bits per heavy atom. The normalized spacial score (nSPS) is 16.3. The molecule has 0 saturated carbocycles. The van der Waals surface area contributed by atoms with Gasteiger partial charge in [0.15, 0.2) is 11.0 Å². The van der Waals surface area contributed by atoms with Crippen LogP contribution in [-0.4, -0.2) is 51.0 Å². The summed E-state index contributed by atoms with van der Waals surface area (Å²) >= 11 is 1.54. The van der Waals surface area contributed by atoms with Crippen LogP contribution >= 0.6 is 11.8 Å². The molecule has 0 N–H and O–H groups in total.